The lowest BCUT2D eigenvalue weighted by atomic mass is 9.91. The summed E-state index contributed by atoms with van der Waals surface area (Å²) in [5.41, 5.74) is 0.599. The summed E-state index contributed by atoms with van der Waals surface area (Å²) in [6.45, 7) is 1.77. The van der Waals surface area contributed by atoms with E-state index in [2.05, 4.69) is 21.2 Å². The molecule has 2 rings (SSSR count). The Morgan fingerprint density at radius 3 is 2.93 bits per heavy atom. The number of hydrogen-bond acceptors (Lipinski definition) is 2. The van der Waals surface area contributed by atoms with Gasteiger partial charge in [-0.15, -0.1) is 0 Å². The van der Waals surface area contributed by atoms with Gasteiger partial charge in [0.1, 0.15) is 11.6 Å². The minimum absolute atomic E-state index is 0.108. The van der Waals surface area contributed by atoms with Gasteiger partial charge in [-0.1, -0.05) is 0 Å². The van der Waals surface area contributed by atoms with E-state index in [9.17, 15) is 9.50 Å². The quantitative estimate of drug-likeness (QED) is 0.825. The minimum atomic E-state index is -0.242. The zero-order valence-electron chi connectivity index (χ0n) is 8.26. The molecule has 1 aliphatic heterocycles. The number of nitrogens with one attached hydrogen (secondary N) is 1. The summed E-state index contributed by atoms with van der Waals surface area (Å²) in [7, 11) is 0. The largest absolute Gasteiger partial charge is 0.507 e. The van der Waals surface area contributed by atoms with E-state index >= 15 is 0 Å². The third-order valence-electron chi connectivity index (χ3n) is 2.81. The molecule has 1 heterocycles. The molecule has 1 fully saturated rings. The van der Waals surface area contributed by atoms with Gasteiger partial charge in [0.05, 0.1) is 4.47 Å². The van der Waals surface area contributed by atoms with Crippen LogP contribution in [0.5, 0.6) is 5.75 Å². The van der Waals surface area contributed by atoms with Gasteiger partial charge in [-0.05, 0) is 47.4 Å². The van der Waals surface area contributed by atoms with Crippen LogP contribution >= 0.6 is 15.9 Å². The molecular weight excluding hydrogens is 261 g/mol. The molecule has 1 unspecified atom stereocenters. The second kappa shape index (κ2) is 4.49. The third kappa shape index (κ3) is 2.16. The van der Waals surface area contributed by atoms with Crippen LogP contribution in [0, 0.1) is 5.82 Å². The molecule has 0 amide bonds. The lowest BCUT2D eigenvalue weighted by Gasteiger charge is -2.24. The van der Waals surface area contributed by atoms with Crippen molar-refractivity contribution in [2.75, 3.05) is 13.1 Å². The first-order valence-corrected chi connectivity index (χ1v) is 5.87. The van der Waals surface area contributed by atoms with E-state index in [1.807, 2.05) is 0 Å². The van der Waals surface area contributed by atoms with Crippen LogP contribution in [0.3, 0.4) is 0 Å². The first-order chi connectivity index (χ1) is 7.20. The molecule has 1 saturated heterocycles. The van der Waals surface area contributed by atoms with Crippen molar-refractivity contribution in [2.24, 2.45) is 0 Å². The molecule has 0 saturated carbocycles. The van der Waals surface area contributed by atoms with Crippen molar-refractivity contribution in [1.29, 1.82) is 0 Å². The van der Waals surface area contributed by atoms with Gasteiger partial charge in [0.2, 0.25) is 0 Å². The van der Waals surface area contributed by atoms with Gasteiger partial charge in [-0.2, -0.15) is 0 Å². The molecule has 2 nitrogen and oxygen atoms in total. The van der Waals surface area contributed by atoms with E-state index < -0.39 is 0 Å². The number of hydrogen-bond donors (Lipinski definition) is 2. The molecule has 82 valence electrons. The molecule has 2 N–H and O–H groups in total. The summed E-state index contributed by atoms with van der Waals surface area (Å²) in [6.07, 6.45) is 2.01. The smallest absolute Gasteiger partial charge is 0.130 e. The van der Waals surface area contributed by atoms with Gasteiger partial charge in [-0.3, -0.25) is 0 Å². The summed E-state index contributed by atoms with van der Waals surface area (Å²) in [4.78, 5) is 0. The Hall–Kier alpha value is -0.610. The Balaban J connectivity index is 2.36. The topological polar surface area (TPSA) is 32.3 Å². The van der Waals surface area contributed by atoms with Crippen molar-refractivity contribution < 1.29 is 9.50 Å². The van der Waals surface area contributed by atoms with E-state index in [0.717, 1.165) is 25.9 Å². The summed E-state index contributed by atoms with van der Waals surface area (Å²) in [5, 5.41) is 12.8. The summed E-state index contributed by atoms with van der Waals surface area (Å²) < 4.78 is 14.1. The van der Waals surface area contributed by atoms with Crippen molar-refractivity contribution in [3.05, 3.63) is 28.0 Å². The van der Waals surface area contributed by atoms with Gasteiger partial charge in [0.25, 0.3) is 0 Å². The molecule has 0 aromatic heterocycles. The number of aromatic hydroxyl groups is 1. The molecular formula is C11H13BrFNO. The van der Waals surface area contributed by atoms with E-state index in [0.29, 0.717) is 10.0 Å². The second-order valence-corrected chi connectivity index (χ2v) is 4.63. The van der Waals surface area contributed by atoms with Crippen LogP contribution in [-0.4, -0.2) is 18.2 Å². The minimum Gasteiger partial charge on any atom is -0.507 e. The van der Waals surface area contributed by atoms with Crippen LogP contribution in [-0.2, 0) is 0 Å². The van der Waals surface area contributed by atoms with Gasteiger partial charge < -0.3 is 10.4 Å². The Morgan fingerprint density at radius 2 is 2.27 bits per heavy atom. The van der Waals surface area contributed by atoms with Gasteiger partial charge in [0, 0.05) is 18.0 Å². The Morgan fingerprint density at radius 1 is 1.47 bits per heavy atom. The first kappa shape index (κ1) is 10.9. The van der Waals surface area contributed by atoms with Crippen molar-refractivity contribution in [3.8, 4) is 5.75 Å². The first-order valence-electron chi connectivity index (χ1n) is 5.07. The number of rotatable bonds is 1. The van der Waals surface area contributed by atoms with Gasteiger partial charge in [0.15, 0.2) is 0 Å². The van der Waals surface area contributed by atoms with Gasteiger partial charge >= 0.3 is 0 Å². The molecule has 15 heavy (non-hydrogen) atoms. The predicted molar refractivity (Wildman–Crippen MR) is 60.6 cm³/mol. The molecule has 1 aliphatic rings. The highest BCUT2D eigenvalue weighted by molar-refractivity contribution is 9.10. The summed E-state index contributed by atoms with van der Waals surface area (Å²) >= 11 is 3.25. The number of phenolic OH excluding ortho intramolecular Hbond substituents is 1. The Bertz CT molecular complexity index is 364. The highest BCUT2D eigenvalue weighted by atomic mass is 79.9. The van der Waals surface area contributed by atoms with E-state index in [1.165, 1.54) is 12.1 Å². The van der Waals surface area contributed by atoms with Crippen LogP contribution in [0.1, 0.15) is 24.3 Å². The Labute approximate surface area is 96.6 Å². The maximum absolute atomic E-state index is 13.6. The highest BCUT2D eigenvalue weighted by Crippen LogP contribution is 2.36. The fraction of sp³-hybridized carbons (Fsp3) is 0.455. The third-order valence-corrected chi connectivity index (χ3v) is 3.64. The van der Waals surface area contributed by atoms with Crippen LogP contribution < -0.4 is 5.32 Å². The zero-order valence-corrected chi connectivity index (χ0v) is 9.85. The molecule has 1 atom stereocenters. The average Bonchev–Trinajstić information content (AvgIpc) is 2.26. The van der Waals surface area contributed by atoms with E-state index in [4.69, 9.17) is 0 Å². The SMILES string of the molecule is Oc1ccc(F)c(C2CCCNC2)c1Br. The fourth-order valence-electron chi connectivity index (χ4n) is 2.03. The fourth-order valence-corrected chi connectivity index (χ4v) is 2.68. The van der Waals surface area contributed by atoms with Crippen molar-refractivity contribution >= 4 is 15.9 Å². The number of phenols is 1. The van der Waals surface area contributed by atoms with Crippen molar-refractivity contribution in [1.82, 2.24) is 5.32 Å². The normalized spacial score (nSPS) is 21.6. The van der Waals surface area contributed by atoms with Crippen LogP contribution in [0.15, 0.2) is 16.6 Å². The second-order valence-electron chi connectivity index (χ2n) is 3.84. The maximum Gasteiger partial charge on any atom is 0.130 e. The van der Waals surface area contributed by atoms with Crippen LogP contribution in [0.2, 0.25) is 0 Å². The average molecular weight is 274 g/mol. The molecule has 0 bridgehead atoms. The lowest BCUT2D eigenvalue weighted by molar-refractivity contribution is 0.434. The number of piperidine rings is 1. The number of halogens is 2. The predicted octanol–water partition coefficient (Wildman–Crippen LogP) is 2.76. The molecule has 0 spiro atoms. The molecule has 1 aromatic carbocycles. The molecule has 1 aromatic rings. The molecule has 4 heteroatoms. The summed E-state index contributed by atoms with van der Waals surface area (Å²) in [6, 6.07) is 2.70. The highest BCUT2D eigenvalue weighted by Gasteiger charge is 2.22. The lowest BCUT2D eigenvalue weighted by Crippen LogP contribution is -2.29. The summed E-state index contributed by atoms with van der Waals surface area (Å²) in [5.74, 6) is 0.0190. The van der Waals surface area contributed by atoms with Crippen molar-refractivity contribution in [2.45, 2.75) is 18.8 Å². The molecule has 0 aliphatic carbocycles. The monoisotopic (exact) mass is 273 g/mol. The van der Waals surface area contributed by atoms with E-state index in [1.54, 1.807) is 0 Å². The molecule has 0 radical (unpaired) electrons. The van der Waals surface area contributed by atoms with Gasteiger partial charge in [-0.25, -0.2) is 4.39 Å². The van der Waals surface area contributed by atoms with Crippen LogP contribution in [0.4, 0.5) is 4.39 Å². The standard InChI is InChI=1S/C11H13BrFNO/c12-11-9(15)4-3-8(13)10(11)7-2-1-5-14-6-7/h3-4,7,14-15H,1-2,5-6H2. The maximum atomic E-state index is 13.6. The van der Waals surface area contributed by atoms with Crippen LogP contribution in [0.25, 0.3) is 0 Å². The Kier molecular flexibility index (Phi) is 3.26. The van der Waals surface area contributed by atoms with E-state index in [-0.39, 0.29) is 17.5 Å². The zero-order chi connectivity index (χ0) is 10.8. The number of benzene rings is 1. The van der Waals surface area contributed by atoms with Crippen molar-refractivity contribution in [3.63, 3.8) is 0 Å².